The Morgan fingerprint density at radius 1 is 1.22 bits per heavy atom. The lowest BCUT2D eigenvalue weighted by atomic mass is 10.1. The third-order valence-electron chi connectivity index (χ3n) is 4.31. The lowest BCUT2D eigenvalue weighted by molar-refractivity contribution is 0.354. The van der Waals surface area contributed by atoms with E-state index < -0.39 is 0 Å². The van der Waals surface area contributed by atoms with Crippen LogP contribution in [0.15, 0.2) is 35.1 Å². The maximum Gasteiger partial charge on any atom is 0.259 e. The van der Waals surface area contributed by atoms with Crippen molar-refractivity contribution in [2.24, 2.45) is 0 Å². The molecule has 138 valence electrons. The highest BCUT2D eigenvalue weighted by Gasteiger charge is 2.15. The van der Waals surface area contributed by atoms with Gasteiger partial charge in [0.1, 0.15) is 5.82 Å². The molecule has 0 aliphatic heterocycles. The fourth-order valence-corrected chi connectivity index (χ4v) is 3.06. The minimum atomic E-state index is -0.221. The predicted octanol–water partition coefficient (Wildman–Crippen LogP) is 2.41. The second-order valence-electron chi connectivity index (χ2n) is 6.06. The van der Waals surface area contributed by atoms with Gasteiger partial charge in [-0.1, -0.05) is 12.1 Å². The van der Waals surface area contributed by atoms with Gasteiger partial charge in [-0.25, -0.2) is 4.98 Å². The molecule has 7 nitrogen and oxygen atoms in total. The highest BCUT2D eigenvalue weighted by atomic mass is 16.5. The summed E-state index contributed by atoms with van der Waals surface area (Å²) in [6, 6.07) is 11.2. The maximum atomic E-state index is 12.5. The fourth-order valence-electron chi connectivity index (χ4n) is 3.06. The third kappa shape index (κ3) is 3.76. The van der Waals surface area contributed by atoms with Crippen LogP contribution in [0.25, 0.3) is 10.9 Å². The molecule has 0 aliphatic rings. The molecule has 1 aromatic heterocycles. The summed E-state index contributed by atoms with van der Waals surface area (Å²) in [5, 5.41) is 12.7. The monoisotopic (exact) mass is 364 g/mol. The number of rotatable bonds is 6. The topological polar surface area (TPSA) is 100 Å². The molecule has 2 aromatic carbocycles. The van der Waals surface area contributed by atoms with Crippen LogP contribution in [0, 0.1) is 18.3 Å². The van der Waals surface area contributed by atoms with Gasteiger partial charge in [-0.3, -0.25) is 4.79 Å². The molecule has 0 bridgehead atoms. The summed E-state index contributed by atoms with van der Waals surface area (Å²) in [4.78, 5) is 19.9. The van der Waals surface area contributed by atoms with Gasteiger partial charge < -0.3 is 19.8 Å². The molecular weight excluding hydrogens is 344 g/mol. The third-order valence-corrected chi connectivity index (χ3v) is 4.31. The molecule has 0 amide bonds. The number of hydrogen-bond acceptors (Lipinski definition) is 6. The van der Waals surface area contributed by atoms with Gasteiger partial charge >= 0.3 is 0 Å². The van der Waals surface area contributed by atoms with Crippen LogP contribution in [0.5, 0.6) is 11.5 Å². The Hall–Kier alpha value is -3.37. The van der Waals surface area contributed by atoms with Gasteiger partial charge in [0.05, 0.1) is 43.3 Å². The lowest BCUT2D eigenvalue weighted by Gasteiger charge is -2.13. The van der Waals surface area contributed by atoms with Crippen molar-refractivity contribution in [1.82, 2.24) is 15.3 Å². The number of aromatic nitrogens is 2. The van der Waals surface area contributed by atoms with Gasteiger partial charge in [0.15, 0.2) is 11.5 Å². The number of ether oxygens (including phenoxy) is 2. The Kier molecular flexibility index (Phi) is 5.38. The van der Waals surface area contributed by atoms with Crippen molar-refractivity contribution < 1.29 is 9.47 Å². The second kappa shape index (κ2) is 7.89. The Morgan fingerprint density at radius 3 is 2.74 bits per heavy atom. The summed E-state index contributed by atoms with van der Waals surface area (Å²) in [6.45, 7) is 2.75. The zero-order valence-corrected chi connectivity index (χ0v) is 15.4. The van der Waals surface area contributed by atoms with Gasteiger partial charge in [0, 0.05) is 18.2 Å². The van der Waals surface area contributed by atoms with E-state index in [2.05, 4.69) is 21.4 Å². The van der Waals surface area contributed by atoms with E-state index in [-0.39, 0.29) is 5.56 Å². The first-order valence-corrected chi connectivity index (χ1v) is 8.41. The predicted molar refractivity (Wildman–Crippen MR) is 102 cm³/mol. The van der Waals surface area contributed by atoms with E-state index in [1.807, 2.05) is 18.2 Å². The summed E-state index contributed by atoms with van der Waals surface area (Å²) in [5.41, 5.74) is 2.62. The summed E-state index contributed by atoms with van der Waals surface area (Å²) < 4.78 is 10.7. The molecule has 3 aromatic rings. The van der Waals surface area contributed by atoms with Crippen LogP contribution in [0.4, 0.5) is 0 Å². The molecule has 7 heteroatoms. The summed E-state index contributed by atoms with van der Waals surface area (Å²) in [6.07, 6.45) is 0. The van der Waals surface area contributed by atoms with Crippen molar-refractivity contribution >= 4 is 10.9 Å². The van der Waals surface area contributed by atoms with Crippen LogP contribution in [0.1, 0.15) is 22.5 Å². The number of fused-ring (bicyclic) bond motifs is 1. The molecule has 0 atom stereocenters. The molecule has 0 radical (unpaired) electrons. The summed E-state index contributed by atoms with van der Waals surface area (Å²) >= 11 is 0. The van der Waals surface area contributed by atoms with Crippen LogP contribution in [-0.2, 0) is 13.1 Å². The van der Waals surface area contributed by atoms with E-state index in [4.69, 9.17) is 14.7 Å². The highest BCUT2D eigenvalue weighted by molar-refractivity contribution is 5.86. The number of aryl methyl sites for hydroxylation is 1. The maximum absolute atomic E-state index is 12.5. The molecule has 0 unspecified atom stereocenters. The largest absolute Gasteiger partial charge is 0.493 e. The smallest absolute Gasteiger partial charge is 0.259 e. The van der Waals surface area contributed by atoms with Crippen molar-refractivity contribution in [2.45, 2.75) is 20.0 Å². The SMILES string of the molecule is COc1cc2nc(CNCc3cccc(C#N)c3)[nH]c(=O)c2c(C)c1OC. The van der Waals surface area contributed by atoms with Crippen LogP contribution < -0.4 is 20.3 Å². The molecule has 0 saturated carbocycles. The van der Waals surface area contributed by atoms with Crippen molar-refractivity contribution in [3.8, 4) is 17.6 Å². The highest BCUT2D eigenvalue weighted by Crippen LogP contribution is 2.34. The van der Waals surface area contributed by atoms with Crippen LogP contribution in [-0.4, -0.2) is 24.2 Å². The van der Waals surface area contributed by atoms with Gasteiger partial charge in [-0.15, -0.1) is 0 Å². The van der Waals surface area contributed by atoms with Crippen molar-refractivity contribution in [3.05, 3.63) is 63.2 Å². The standard InChI is InChI=1S/C20H20N4O3/c1-12-18-15(8-16(26-2)19(12)27-3)23-17(24-20(18)25)11-22-10-14-6-4-5-13(7-14)9-21/h4-8,22H,10-11H2,1-3H3,(H,23,24,25). The van der Waals surface area contributed by atoms with Crippen molar-refractivity contribution in [2.75, 3.05) is 14.2 Å². The van der Waals surface area contributed by atoms with Crippen molar-refractivity contribution in [1.29, 1.82) is 5.26 Å². The number of nitriles is 1. The first-order valence-electron chi connectivity index (χ1n) is 8.41. The van der Waals surface area contributed by atoms with Gasteiger partial charge in [-0.05, 0) is 24.6 Å². The number of nitrogens with zero attached hydrogens (tertiary/aromatic N) is 2. The summed E-state index contributed by atoms with van der Waals surface area (Å²) in [7, 11) is 3.09. The van der Waals surface area contributed by atoms with E-state index >= 15 is 0 Å². The Labute approximate surface area is 156 Å². The zero-order chi connectivity index (χ0) is 19.4. The fraction of sp³-hybridized carbons (Fsp3) is 0.250. The first-order chi connectivity index (χ1) is 13.1. The number of hydrogen-bond donors (Lipinski definition) is 2. The quantitative estimate of drug-likeness (QED) is 0.697. The molecule has 0 aliphatic carbocycles. The second-order valence-corrected chi connectivity index (χ2v) is 6.06. The number of methoxy groups -OCH3 is 2. The average molecular weight is 364 g/mol. The Morgan fingerprint density at radius 2 is 2.04 bits per heavy atom. The minimum absolute atomic E-state index is 0.221. The van der Waals surface area contributed by atoms with E-state index in [1.165, 1.54) is 7.11 Å². The number of aromatic amines is 1. The van der Waals surface area contributed by atoms with E-state index in [1.54, 1.807) is 26.2 Å². The van der Waals surface area contributed by atoms with Gasteiger partial charge in [0.2, 0.25) is 0 Å². The van der Waals surface area contributed by atoms with E-state index in [9.17, 15) is 4.79 Å². The normalized spacial score (nSPS) is 10.6. The van der Waals surface area contributed by atoms with Gasteiger partial charge in [-0.2, -0.15) is 5.26 Å². The number of benzene rings is 2. The molecule has 0 fully saturated rings. The van der Waals surface area contributed by atoms with E-state index in [0.717, 1.165) is 5.56 Å². The Balaban J connectivity index is 1.85. The molecule has 27 heavy (non-hydrogen) atoms. The van der Waals surface area contributed by atoms with Crippen LogP contribution >= 0.6 is 0 Å². The first kappa shape index (κ1) is 18.4. The molecule has 0 spiro atoms. The average Bonchev–Trinajstić information content (AvgIpc) is 2.67. The molecule has 0 saturated heterocycles. The number of nitrogens with one attached hydrogen (secondary N) is 2. The van der Waals surface area contributed by atoms with E-state index in [0.29, 0.717) is 52.4 Å². The summed E-state index contributed by atoms with van der Waals surface area (Å²) in [5.74, 6) is 1.59. The minimum Gasteiger partial charge on any atom is -0.493 e. The lowest BCUT2D eigenvalue weighted by Crippen LogP contribution is -2.20. The molecule has 3 rings (SSSR count). The molecule has 1 heterocycles. The molecular formula is C20H20N4O3. The Bertz CT molecular complexity index is 1080. The molecule has 2 N–H and O–H groups in total. The number of H-pyrrole nitrogens is 1. The zero-order valence-electron chi connectivity index (χ0n) is 15.4. The van der Waals surface area contributed by atoms with Crippen LogP contribution in [0.3, 0.4) is 0 Å². The van der Waals surface area contributed by atoms with Crippen LogP contribution in [0.2, 0.25) is 0 Å². The van der Waals surface area contributed by atoms with Crippen molar-refractivity contribution in [3.63, 3.8) is 0 Å². The van der Waals surface area contributed by atoms with Gasteiger partial charge in [0.25, 0.3) is 5.56 Å².